The van der Waals surface area contributed by atoms with Crippen molar-refractivity contribution in [1.29, 1.82) is 0 Å². The lowest BCUT2D eigenvalue weighted by Crippen LogP contribution is -2.14. The molecule has 0 aliphatic carbocycles. The van der Waals surface area contributed by atoms with Gasteiger partial charge in [0, 0.05) is 36.3 Å². The van der Waals surface area contributed by atoms with E-state index in [1.54, 1.807) is 25.6 Å². The number of ether oxygens (including phenoxy) is 2. The first-order valence-electron chi connectivity index (χ1n) is 7.19. The predicted molar refractivity (Wildman–Crippen MR) is 84.9 cm³/mol. The van der Waals surface area contributed by atoms with Gasteiger partial charge in [-0.05, 0) is 36.8 Å². The molecule has 0 atom stereocenters. The van der Waals surface area contributed by atoms with E-state index in [-0.39, 0.29) is 12.5 Å². The summed E-state index contributed by atoms with van der Waals surface area (Å²) < 4.78 is 24.0. The van der Waals surface area contributed by atoms with Crippen LogP contribution in [-0.4, -0.2) is 31.2 Å². The molecule has 2 rings (SSSR count). The lowest BCUT2D eigenvalue weighted by molar-refractivity contribution is 0.0604. The molecule has 2 aromatic rings. The number of benzene rings is 1. The number of carbonyl (C=O) groups excluding carboxylic acids is 1. The van der Waals surface area contributed by atoms with E-state index in [4.69, 9.17) is 9.47 Å². The third-order valence-corrected chi connectivity index (χ3v) is 3.27. The van der Waals surface area contributed by atoms with Crippen molar-refractivity contribution in [3.63, 3.8) is 0 Å². The topological polar surface area (TPSA) is 60.5 Å². The Morgan fingerprint density at radius 3 is 2.87 bits per heavy atom. The molecule has 0 aliphatic rings. The van der Waals surface area contributed by atoms with Crippen molar-refractivity contribution < 1.29 is 18.7 Å². The third-order valence-electron chi connectivity index (χ3n) is 3.27. The molecule has 0 saturated heterocycles. The van der Waals surface area contributed by atoms with Gasteiger partial charge in [-0.1, -0.05) is 0 Å². The van der Waals surface area contributed by atoms with Crippen molar-refractivity contribution in [2.24, 2.45) is 0 Å². The first kappa shape index (κ1) is 17.1. The van der Waals surface area contributed by atoms with Crippen LogP contribution < -0.4 is 5.32 Å². The van der Waals surface area contributed by atoms with Crippen LogP contribution in [0.25, 0.3) is 0 Å². The van der Waals surface area contributed by atoms with E-state index >= 15 is 0 Å². The van der Waals surface area contributed by atoms with Crippen LogP contribution >= 0.6 is 0 Å². The fourth-order valence-electron chi connectivity index (χ4n) is 1.96. The molecule has 1 amide bonds. The fourth-order valence-corrected chi connectivity index (χ4v) is 1.96. The Morgan fingerprint density at radius 1 is 1.30 bits per heavy atom. The van der Waals surface area contributed by atoms with Crippen molar-refractivity contribution >= 4 is 11.6 Å². The van der Waals surface area contributed by atoms with Gasteiger partial charge in [0.05, 0.1) is 19.8 Å². The molecule has 5 nitrogen and oxygen atoms in total. The fraction of sp³-hybridized carbons (Fsp3) is 0.294. The van der Waals surface area contributed by atoms with Gasteiger partial charge in [0.2, 0.25) is 0 Å². The standard InChI is InChI=1S/C17H19FN2O3/c1-12-10-19-6-5-16(12)20-17(21)13-3-4-15(18)14(9-13)11-23-8-7-22-2/h3-6,9-10H,7-8,11H2,1-2H3,(H,19,20,21). The molecule has 0 fully saturated rings. The Kier molecular flexibility index (Phi) is 6.19. The van der Waals surface area contributed by atoms with E-state index in [9.17, 15) is 9.18 Å². The lowest BCUT2D eigenvalue weighted by atomic mass is 10.1. The summed E-state index contributed by atoms with van der Waals surface area (Å²) in [7, 11) is 1.57. The van der Waals surface area contributed by atoms with Gasteiger partial charge in [-0.25, -0.2) is 4.39 Å². The van der Waals surface area contributed by atoms with Gasteiger partial charge >= 0.3 is 0 Å². The van der Waals surface area contributed by atoms with Gasteiger partial charge in [-0.3, -0.25) is 9.78 Å². The number of nitrogens with one attached hydrogen (secondary N) is 1. The normalized spacial score (nSPS) is 10.6. The Morgan fingerprint density at radius 2 is 2.13 bits per heavy atom. The summed E-state index contributed by atoms with van der Waals surface area (Å²) in [5.41, 5.74) is 2.23. The Balaban J connectivity index is 2.07. The van der Waals surface area contributed by atoms with Crippen LogP contribution in [0, 0.1) is 12.7 Å². The summed E-state index contributed by atoms with van der Waals surface area (Å²) >= 11 is 0. The number of methoxy groups -OCH3 is 1. The summed E-state index contributed by atoms with van der Waals surface area (Å²) in [5.74, 6) is -0.712. The van der Waals surface area contributed by atoms with E-state index in [1.807, 2.05) is 6.92 Å². The van der Waals surface area contributed by atoms with Crippen LogP contribution in [0.4, 0.5) is 10.1 Å². The molecule has 0 radical (unpaired) electrons. The van der Waals surface area contributed by atoms with Crippen molar-refractivity contribution in [2.45, 2.75) is 13.5 Å². The minimum absolute atomic E-state index is 0.0879. The molecule has 23 heavy (non-hydrogen) atoms. The molecule has 0 unspecified atom stereocenters. The summed E-state index contributed by atoms with van der Waals surface area (Å²) in [5, 5.41) is 2.79. The summed E-state index contributed by atoms with van der Waals surface area (Å²) in [4.78, 5) is 16.3. The number of anilines is 1. The number of amides is 1. The second kappa shape index (κ2) is 8.36. The van der Waals surface area contributed by atoms with Crippen LogP contribution in [0.5, 0.6) is 0 Å². The molecule has 0 spiro atoms. The number of carbonyl (C=O) groups is 1. The van der Waals surface area contributed by atoms with Crippen LogP contribution in [0.2, 0.25) is 0 Å². The minimum atomic E-state index is -0.404. The molecule has 0 aliphatic heterocycles. The zero-order chi connectivity index (χ0) is 16.7. The summed E-state index contributed by atoms with van der Waals surface area (Å²) in [6.45, 7) is 2.73. The zero-order valence-electron chi connectivity index (χ0n) is 13.1. The number of hydrogen-bond acceptors (Lipinski definition) is 4. The van der Waals surface area contributed by atoms with Gasteiger partial charge in [-0.2, -0.15) is 0 Å². The SMILES string of the molecule is COCCOCc1cc(C(=O)Nc2ccncc2C)ccc1F. The first-order valence-corrected chi connectivity index (χ1v) is 7.19. The molecule has 1 aromatic carbocycles. The predicted octanol–water partition coefficient (Wildman–Crippen LogP) is 2.94. The van der Waals surface area contributed by atoms with Gasteiger partial charge in [0.25, 0.3) is 5.91 Å². The molecular weight excluding hydrogens is 299 g/mol. The largest absolute Gasteiger partial charge is 0.382 e. The Labute approximate surface area is 134 Å². The molecule has 1 heterocycles. The average Bonchev–Trinajstić information content (AvgIpc) is 2.55. The van der Waals surface area contributed by atoms with Gasteiger partial charge in [0.15, 0.2) is 0 Å². The molecule has 1 N–H and O–H groups in total. The lowest BCUT2D eigenvalue weighted by Gasteiger charge is -2.10. The number of pyridine rings is 1. The Hall–Kier alpha value is -2.31. The number of rotatable bonds is 7. The van der Waals surface area contributed by atoms with Crippen LogP contribution in [-0.2, 0) is 16.1 Å². The molecule has 1 aromatic heterocycles. The second-order valence-corrected chi connectivity index (χ2v) is 5.00. The van der Waals surface area contributed by atoms with E-state index in [1.165, 1.54) is 18.2 Å². The van der Waals surface area contributed by atoms with Crippen molar-refractivity contribution in [3.8, 4) is 0 Å². The summed E-state index contributed by atoms with van der Waals surface area (Å²) in [6, 6.07) is 5.92. The van der Waals surface area contributed by atoms with Gasteiger partial charge in [-0.15, -0.1) is 0 Å². The highest BCUT2D eigenvalue weighted by molar-refractivity contribution is 6.04. The van der Waals surface area contributed by atoms with Gasteiger partial charge < -0.3 is 14.8 Å². The smallest absolute Gasteiger partial charge is 0.255 e. The highest BCUT2D eigenvalue weighted by Gasteiger charge is 2.11. The van der Waals surface area contributed by atoms with Crippen molar-refractivity contribution in [3.05, 3.63) is 59.2 Å². The van der Waals surface area contributed by atoms with E-state index in [0.717, 1.165) is 5.56 Å². The van der Waals surface area contributed by atoms with Crippen LogP contribution in [0.15, 0.2) is 36.7 Å². The number of hydrogen-bond donors (Lipinski definition) is 1. The third kappa shape index (κ3) is 4.84. The number of aromatic nitrogens is 1. The molecule has 0 saturated carbocycles. The molecule has 0 bridgehead atoms. The van der Waals surface area contributed by atoms with Crippen LogP contribution in [0.1, 0.15) is 21.5 Å². The average molecular weight is 318 g/mol. The quantitative estimate of drug-likeness (QED) is 0.797. The summed E-state index contributed by atoms with van der Waals surface area (Å²) in [6.07, 6.45) is 3.26. The van der Waals surface area contributed by atoms with Crippen LogP contribution in [0.3, 0.4) is 0 Å². The van der Waals surface area contributed by atoms with E-state index in [2.05, 4.69) is 10.3 Å². The van der Waals surface area contributed by atoms with Crippen molar-refractivity contribution in [2.75, 3.05) is 25.6 Å². The molecular formula is C17H19FN2O3. The Bertz CT molecular complexity index is 677. The number of halogens is 1. The highest BCUT2D eigenvalue weighted by Crippen LogP contribution is 2.16. The van der Waals surface area contributed by atoms with Crippen molar-refractivity contribution in [1.82, 2.24) is 4.98 Å². The first-order chi connectivity index (χ1) is 11.1. The van der Waals surface area contributed by atoms with E-state index < -0.39 is 5.82 Å². The maximum Gasteiger partial charge on any atom is 0.255 e. The minimum Gasteiger partial charge on any atom is -0.382 e. The molecule has 122 valence electrons. The van der Waals surface area contributed by atoms with Gasteiger partial charge in [0.1, 0.15) is 5.82 Å². The number of nitrogens with zero attached hydrogens (tertiary/aromatic N) is 1. The maximum absolute atomic E-state index is 13.8. The highest BCUT2D eigenvalue weighted by atomic mass is 19.1. The molecule has 6 heteroatoms. The van der Waals surface area contributed by atoms with E-state index in [0.29, 0.717) is 30.0 Å². The second-order valence-electron chi connectivity index (χ2n) is 5.00. The monoisotopic (exact) mass is 318 g/mol. The number of aryl methyl sites for hydroxylation is 1. The zero-order valence-corrected chi connectivity index (χ0v) is 13.1. The maximum atomic E-state index is 13.8.